The molecule has 0 aromatic carbocycles. The third kappa shape index (κ3) is 2.79. The second-order valence-corrected chi connectivity index (χ2v) is 9.24. The zero-order valence-corrected chi connectivity index (χ0v) is 11.8. The van der Waals surface area contributed by atoms with Crippen molar-refractivity contribution in [2.24, 2.45) is 0 Å². The summed E-state index contributed by atoms with van der Waals surface area (Å²) in [4.78, 5) is 0. The van der Waals surface area contributed by atoms with Crippen LogP contribution >= 0.6 is 11.3 Å². The summed E-state index contributed by atoms with van der Waals surface area (Å²) in [5.74, 6) is -0.155. The Morgan fingerprint density at radius 1 is 1.22 bits per heavy atom. The van der Waals surface area contributed by atoms with Gasteiger partial charge in [0.1, 0.15) is 0 Å². The molecule has 1 saturated heterocycles. The number of aromatic nitrogens is 2. The smallest absolute Gasteiger partial charge is 0.272 e. The number of nitrogens with zero attached hydrogens (tertiary/aromatic N) is 3. The van der Waals surface area contributed by atoms with Crippen molar-refractivity contribution in [2.45, 2.75) is 10.8 Å². The van der Waals surface area contributed by atoms with Crippen molar-refractivity contribution < 1.29 is 16.8 Å². The third-order valence-corrected chi connectivity index (χ3v) is 7.21. The molecular formula is C7H12N4O4S3. The molecule has 18 heavy (non-hydrogen) atoms. The van der Waals surface area contributed by atoms with E-state index in [1.54, 1.807) is 0 Å². The minimum atomic E-state index is -3.78. The van der Waals surface area contributed by atoms with Gasteiger partial charge in [-0.2, -0.15) is 4.31 Å². The first-order valence-corrected chi connectivity index (χ1v) is 9.19. The SMILES string of the molecule is Nc1nnc(S(=O)(=O)N2CCCS(=O)(=O)CC2)s1. The summed E-state index contributed by atoms with van der Waals surface area (Å²) in [5, 5.41) is 7.01. The van der Waals surface area contributed by atoms with Crippen molar-refractivity contribution in [1.82, 2.24) is 14.5 Å². The zero-order chi connectivity index (χ0) is 13.4. The van der Waals surface area contributed by atoms with E-state index in [0.717, 1.165) is 15.6 Å². The van der Waals surface area contributed by atoms with E-state index in [4.69, 9.17) is 5.73 Å². The van der Waals surface area contributed by atoms with Crippen LogP contribution in [0.4, 0.5) is 5.13 Å². The molecule has 0 aliphatic carbocycles. The van der Waals surface area contributed by atoms with E-state index in [9.17, 15) is 16.8 Å². The second-order valence-electron chi connectivity index (χ2n) is 3.82. The Morgan fingerprint density at radius 3 is 2.56 bits per heavy atom. The topological polar surface area (TPSA) is 123 Å². The second kappa shape index (κ2) is 4.72. The Hall–Kier alpha value is -0.780. The summed E-state index contributed by atoms with van der Waals surface area (Å²) in [6.07, 6.45) is 0.288. The number of anilines is 1. The molecule has 0 spiro atoms. The van der Waals surface area contributed by atoms with Crippen LogP contribution in [0.3, 0.4) is 0 Å². The fourth-order valence-electron chi connectivity index (χ4n) is 1.59. The van der Waals surface area contributed by atoms with Crippen LogP contribution in [0.2, 0.25) is 0 Å². The van der Waals surface area contributed by atoms with E-state index in [0.29, 0.717) is 0 Å². The van der Waals surface area contributed by atoms with Crippen molar-refractivity contribution in [2.75, 3.05) is 30.3 Å². The van der Waals surface area contributed by atoms with Gasteiger partial charge in [-0.15, -0.1) is 10.2 Å². The molecule has 1 aliphatic heterocycles. The Kier molecular flexibility index (Phi) is 3.58. The number of nitrogen functional groups attached to an aromatic ring is 1. The molecule has 0 saturated carbocycles. The van der Waals surface area contributed by atoms with E-state index in [1.807, 2.05) is 0 Å². The van der Waals surface area contributed by atoms with Gasteiger partial charge >= 0.3 is 0 Å². The lowest BCUT2D eigenvalue weighted by Gasteiger charge is -2.16. The minimum Gasteiger partial charge on any atom is -0.374 e. The molecule has 2 rings (SSSR count). The molecule has 0 atom stereocenters. The summed E-state index contributed by atoms with van der Waals surface area (Å²) < 4.78 is 48.1. The van der Waals surface area contributed by atoms with Gasteiger partial charge in [-0.05, 0) is 6.42 Å². The highest BCUT2D eigenvalue weighted by Crippen LogP contribution is 2.22. The summed E-state index contributed by atoms with van der Waals surface area (Å²) >= 11 is 0.772. The Labute approximate surface area is 109 Å². The normalized spacial score (nSPS) is 21.6. The molecule has 0 bridgehead atoms. The highest BCUT2D eigenvalue weighted by atomic mass is 32.2. The van der Waals surface area contributed by atoms with Crippen LogP contribution in [0.1, 0.15) is 6.42 Å². The average molecular weight is 312 g/mol. The number of rotatable bonds is 2. The number of sulfonamides is 1. The Morgan fingerprint density at radius 2 is 1.94 bits per heavy atom. The van der Waals surface area contributed by atoms with Gasteiger partial charge in [0.15, 0.2) is 9.84 Å². The maximum Gasteiger partial charge on any atom is 0.272 e. The Balaban J connectivity index is 2.26. The number of nitrogens with two attached hydrogens (primary N) is 1. The van der Waals surface area contributed by atoms with Crippen LogP contribution in [-0.4, -0.2) is 55.9 Å². The predicted molar refractivity (Wildman–Crippen MR) is 66.4 cm³/mol. The van der Waals surface area contributed by atoms with Gasteiger partial charge in [0.05, 0.1) is 11.5 Å². The monoisotopic (exact) mass is 312 g/mol. The van der Waals surface area contributed by atoms with Crippen LogP contribution in [0, 0.1) is 0 Å². The van der Waals surface area contributed by atoms with Gasteiger partial charge in [0.2, 0.25) is 9.47 Å². The standard InChI is InChI=1S/C7H12N4O4S3/c8-6-9-10-7(16-6)18(14,15)11-2-1-4-17(12,13)5-3-11/h1-5H2,(H2,8,9). The molecule has 102 valence electrons. The largest absolute Gasteiger partial charge is 0.374 e. The maximum atomic E-state index is 12.1. The third-order valence-electron chi connectivity index (χ3n) is 2.50. The quantitative estimate of drug-likeness (QED) is 0.737. The van der Waals surface area contributed by atoms with E-state index < -0.39 is 19.9 Å². The minimum absolute atomic E-state index is 0.0112. The van der Waals surface area contributed by atoms with Gasteiger partial charge in [0, 0.05) is 13.1 Å². The number of sulfone groups is 1. The lowest BCUT2D eigenvalue weighted by Crippen LogP contribution is -2.33. The van der Waals surface area contributed by atoms with Crippen LogP contribution < -0.4 is 5.73 Å². The molecule has 0 unspecified atom stereocenters. The molecule has 0 amide bonds. The fraction of sp³-hybridized carbons (Fsp3) is 0.714. The van der Waals surface area contributed by atoms with Crippen LogP contribution in [0.5, 0.6) is 0 Å². The summed E-state index contributed by atoms with van der Waals surface area (Å²) in [7, 11) is -6.93. The summed E-state index contributed by atoms with van der Waals surface area (Å²) in [6.45, 7) is 0.116. The van der Waals surface area contributed by atoms with Crippen molar-refractivity contribution in [3.63, 3.8) is 0 Å². The summed E-state index contributed by atoms with van der Waals surface area (Å²) in [5.41, 5.74) is 5.34. The van der Waals surface area contributed by atoms with E-state index in [-0.39, 0.29) is 40.5 Å². The average Bonchev–Trinajstić information content (AvgIpc) is 2.61. The van der Waals surface area contributed by atoms with Crippen LogP contribution in [-0.2, 0) is 19.9 Å². The van der Waals surface area contributed by atoms with Crippen molar-refractivity contribution in [3.05, 3.63) is 0 Å². The van der Waals surface area contributed by atoms with Crippen LogP contribution in [0.25, 0.3) is 0 Å². The fourth-order valence-corrected chi connectivity index (χ4v) is 5.38. The highest BCUT2D eigenvalue weighted by Gasteiger charge is 2.31. The molecule has 1 aromatic heterocycles. The first-order valence-electron chi connectivity index (χ1n) is 5.11. The molecule has 2 N–H and O–H groups in total. The lowest BCUT2D eigenvalue weighted by atomic mass is 10.5. The zero-order valence-electron chi connectivity index (χ0n) is 9.31. The highest BCUT2D eigenvalue weighted by molar-refractivity contribution is 7.92. The van der Waals surface area contributed by atoms with Crippen molar-refractivity contribution >= 4 is 36.3 Å². The number of hydrogen-bond donors (Lipinski definition) is 1. The first-order chi connectivity index (χ1) is 8.31. The summed E-state index contributed by atoms with van der Waals surface area (Å²) in [6, 6.07) is 0. The first kappa shape index (κ1) is 13.6. The van der Waals surface area contributed by atoms with Crippen LogP contribution in [0.15, 0.2) is 4.34 Å². The van der Waals surface area contributed by atoms with Gasteiger partial charge in [0.25, 0.3) is 10.0 Å². The van der Waals surface area contributed by atoms with Crippen molar-refractivity contribution in [3.8, 4) is 0 Å². The lowest BCUT2D eigenvalue weighted by molar-refractivity contribution is 0.434. The molecule has 11 heteroatoms. The molecule has 1 fully saturated rings. The van der Waals surface area contributed by atoms with Crippen molar-refractivity contribution in [1.29, 1.82) is 0 Å². The predicted octanol–water partition coefficient (Wildman–Crippen LogP) is -1.07. The number of hydrogen-bond acceptors (Lipinski definition) is 8. The molecule has 2 heterocycles. The molecule has 1 aromatic rings. The van der Waals surface area contributed by atoms with Gasteiger partial charge in [-0.25, -0.2) is 16.8 Å². The molecule has 0 radical (unpaired) electrons. The van der Waals surface area contributed by atoms with E-state index in [2.05, 4.69) is 10.2 Å². The Bertz CT molecular complexity index is 635. The molecule has 1 aliphatic rings. The molecule has 8 nitrogen and oxygen atoms in total. The maximum absolute atomic E-state index is 12.1. The van der Waals surface area contributed by atoms with E-state index in [1.165, 1.54) is 0 Å². The van der Waals surface area contributed by atoms with E-state index >= 15 is 0 Å². The molecular weight excluding hydrogens is 300 g/mol. The van der Waals surface area contributed by atoms with Gasteiger partial charge in [-0.3, -0.25) is 0 Å². The van der Waals surface area contributed by atoms with Gasteiger partial charge < -0.3 is 5.73 Å². The van der Waals surface area contributed by atoms with Gasteiger partial charge in [-0.1, -0.05) is 11.3 Å².